The van der Waals surface area contributed by atoms with E-state index in [0.717, 1.165) is 18.4 Å². The summed E-state index contributed by atoms with van der Waals surface area (Å²) >= 11 is 10.1. The van der Waals surface area contributed by atoms with Crippen molar-refractivity contribution in [1.29, 1.82) is 0 Å². The van der Waals surface area contributed by atoms with Gasteiger partial charge in [-0.1, -0.05) is 57.9 Å². The molecule has 0 aliphatic heterocycles. The van der Waals surface area contributed by atoms with Crippen LogP contribution in [0, 0.1) is 12.7 Å². The summed E-state index contributed by atoms with van der Waals surface area (Å²) in [5.41, 5.74) is 4.44. The summed E-state index contributed by atoms with van der Waals surface area (Å²) in [5.74, 6) is 0.143. The third-order valence-electron chi connectivity index (χ3n) is 4.34. The van der Waals surface area contributed by atoms with Crippen LogP contribution < -0.4 is 0 Å². The molecule has 21 heavy (non-hydrogen) atoms. The van der Waals surface area contributed by atoms with Crippen molar-refractivity contribution >= 4 is 27.5 Å². The van der Waals surface area contributed by atoms with E-state index in [0.29, 0.717) is 16.5 Å². The zero-order chi connectivity index (χ0) is 15.0. The van der Waals surface area contributed by atoms with Crippen LogP contribution in [0.15, 0.2) is 36.4 Å². The highest BCUT2D eigenvalue weighted by Crippen LogP contribution is 2.46. The predicted molar refractivity (Wildman–Crippen MR) is 89.9 cm³/mol. The lowest BCUT2D eigenvalue weighted by Crippen LogP contribution is -2.14. The Morgan fingerprint density at radius 1 is 1.29 bits per heavy atom. The van der Waals surface area contributed by atoms with Gasteiger partial charge in [0.1, 0.15) is 5.82 Å². The fourth-order valence-corrected chi connectivity index (χ4v) is 4.53. The summed E-state index contributed by atoms with van der Waals surface area (Å²) in [5, 5.41) is 0.503. The summed E-state index contributed by atoms with van der Waals surface area (Å²) in [4.78, 5) is 0.116. The van der Waals surface area contributed by atoms with Gasteiger partial charge in [0, 0.05) is 15.8 Å². The van der Waals surface area contributed by atoms with Gasteiger partial charge in [0.05, 0.1) is 0 Å². The monoisotopic (exact) mass is 366 g/mol. The Labute approximate surface area is 138 Å². The summed E-state index contributed by atoms with van der Waals surface area (Å²) in [6.45, 7) is 1.78. The zero-order valence-electron chi connectivity index (χ0n) is 11.9. The van der Waals surface area contributed by atoms with Gasteiger partial charge in [0.15, 0.2) is 0 Å². The van der Waals surface area contributed by atoms with Crippen molar-refractivity contribution < 1.29 is 4.39 Å². The average molecular weight is 368 g/mol. The molecule has 0 fully saturated rings. The molecule has 1 aliphatic carbocycles. The number of hydrogen-bond acceptors (Lipinski definition) is 0. The summed E-state index contributed by atoms with van der Waals surface area (Å²) < 4.78 is 13.6. The molecule has 0 saturated carbocycles. The van der Waals surface area contributed by atoms with Crippen LogP contribution in [0.1, 0.15) is 45.8 Å². The summed E-state index contributed by atoms with van der Waals surface area (Å²) in [7, 11) is 0. The Kier molecular flexibility index (Phi) is 4.37. The van der Waals surface area contributed by atoms with Crippen LogP contribution in [-0.4, -0.2) is 0 Å². The van der Waals surface area contributed by atoms with E-state index in [1.807, 2.05) is 6.07 Å². The van der Waals surface area contributed by atoms with Crippen LogP contribution in [0.25, 0.3) is 0 Å². The molecule has 1 aliphatic rings. The quantitative estimate of drug-likeness (QED) is 0.543. The molecule has 2 aromatic carbocycles. The van der Waals surface area contributed by atoms with Crippen molar-refractivity contribution in [3.63, 3.8) is 0 Å². The number of rotatable bonds is 2. The maximum atomic E-state index is 13.6. The van der Waals surface area contributed by atoms with Crippen LogP contribution in [0.5, 0.6) is 0 Å². The molecule has 0 radical (unpaired) electrons. The van der Waals surface area contributed by atoms with Gasteiger partial charge in [-0.25, -0.2) is 4.39 Å². The minimum atomic E-state index is -0.243. The van der Waals surface area contributed by atoms with Crippen LogP contribution >= 0.6 is 27.5 Å². The van der Waals surface area contributed by atoms with Gasteiger partial charge >= 0.3 is 0 Å². The molecular formula is C18H17BrClF. The van der Waals surface area contributed by atoms with Gasteiger partial charge in [-0.15, -0.1) is 0 Å². The third kappa shape index (κ3) is 2.89. The first kappa shape index (κ1) is 15.1. The van der Waals surface area contributed by atoms with E-state index in [1.54, 1.807) is 6.92 Å². The SMILES string of the molecule is Cc1cc(C(Br)C2CCCc3ccccc32)c(Cl)cc1F. The molecule has 0 nitrogen and oxygen atoms in total. The largest absolute Gasteiger partial charge is 0.207 e. The van der Waals surface area contributed by atoms with Gasteiger partial charge in [0.25, 0.3) is 0 Å². The van der Waals surface area contributed by atoms with Crippen LogP contribution in [0.2, 0.25) is 5.02 Å². The molecule has 2 atom stereocenters. The maximum Gasteiger partial charge on any atom is 0.127 e. The van der Waals surface area contributed by atoms with E-state index in [-0.39, 0.29) is 10.6 Å². The normalized spacial score (nSPS) is 19.1. The third-order valence-corrected chi connectivity index (χ3v) is 5.80. The zero-order valence-corrected chi connectivity index (χ0v) is 14.2. The molecule has 2 unspecified atom stereocenters. The molecule has 0 amide bonds. The molecule has 0 heterocycles. The van der Waals surface area contributed by atoms with Crippen molar-refractivity contribution in [3.8, 4) is 0 Å². The van der Waals surface area contributed by atoms with E-state index < -0.39 is 0 Å². The summed E-state index contributed by atoms with van der Waals surface area (Å²) in [6, 6.07) is 11.9. The molecule has 2 aromatic rings. The Morgan fingerprint density at radius 3 is 2.86 bits per heavy atom. The second-order valence-electron chi connectivity index (χ2n) is 5.72. The molecule has 0 N–H and O–H groups in total. The van der Waals surface area contributed by atoms with Gasteiger partial charge in [0.2, 0.25) is 0 Å². The standard InChI is InChI=1S/C18H17BrClF/c1-11-9-15(16(20)10-17(11)21)18(19)14-8-4-6-12-5-2-3-7-13(12)14/h2-3,5,7,9-10,14,18H,4,6,8H2,1H3. The molecule has 110 valence electrons. The lowest BCUT2D eigenvalue weighted by Gasteiger charge is -2.30. The van der Waals surface area contributed by atoms with E-state index in [9.17, 15) is 4.39 Å². The summed E-state index contributed by atoms with van der Waals surface area (Å²) in [6.07, 6.45) is 3.45. The highest BCUT2D eigenvalue weighted by atomic mass is 79.9. The average Bonchev–Trinajstić information content (AvgIpc) is 2.49. The van der Waals surface area contributed by atoms with Gasteiger partial charge < -0.3 is 0 Å². The lowest BCUT2D eigenvalue weighted by atomic mass is 9.79. The lowest BCUT2D eigenvalue weighted by molar-refractivity contribution is 0.546. The highest BCUT2D eigenvalue weighted by molar-refractivity contribution is 9.09. The van der Waals surface area contributed by atoms with Crippen molar-refractivity contribution in [1.82, 2.24) is 0 Å². The minimum Gasteiger partial charge on any atom is -0.207 e. The van der Waals surface area contributed by atoms with E-state index in [1.165, 1.54) is 23.6 Å². The molecule has 0 spiro atoms. The Bertz CT molecular complexity index is 668. The highest BCUT2D eigenvalue weighted by Gasteiger charge is 2.28. The molecule has 0 aromatic heterocycles. The Balaban J connectivity index is 2.00. The minimum absolute atomic E-state index is 0.116. The molecule has 0 saturated heterocycles. The Morgan fingerprint density at radius 2 is 2.05 bits per heavy atom. The van der Waals surface area contributed by atoms with E-state index in [4.69, 9.17) is 11.6 Å². The van der Waals surface area contributed by atoms with Crippen molar-refractivity contribution in [2.45, 2.75) is 36.9 Å². The second kappa shape index (κ2) is 6.10. The molecular weight excluding hydrogens is 351 g/mol. The van der Waals surface area contributed by atoms with Crippen molar-refractivity contribution in [3.05, 3.63) is 69.5 Å². The second-order valence-corrected chi connectivity index (χ2v) is 7.12. The maximum absolute atomic E-state index is 13.6. The molecule has 3 rings (SSSR count). The molecule has 0 bridgehead atoms. The first-order valence-electron chi connectivity index (χ1n) is 7.25. The van der Waals surface area contributed by atoms with Gasteiger partial charge in [-0.2, -0.15) is 0 Å². The van der Waals surface area contributed by atoms with Crippen LogP contribution in [0.4, 0.5) is 4.39 Å². The number of hydrogen-bond donors (Lipinski definition) is 0. The van der Waals surface area contributed by atoms with Crippen molar-refractivity contribution in [2.24, 2.45) is 0 Å². The number of halogens is 3. The van der Waals surface area contributed by atoms with Gasteiger partial charge in [-0.3, -0.25) is 0 Å². The predicted octanol–water partition coefficient (Wildman–Crippen LogP) is 6.34. The van der Waals surface area contributed by atoms with Crippen LogP contribution in [0.3, 0.4) is 0 Å². The first-order chi connectivity index (χ1) is 10.1. The topological polar surface area (TPSA) is 0 Å². The first-order valence-corrected chi connectivity index (χ1v) is 8.54. The smallest absolute Gasteiger partial charge is 0.127 e. The van der Waals surface area contributed by atoms with E-state index >= 15 is 0 Å². The number of fused-ring (bicyclic) bond motifs is 1. The number of benzene rings is 2. The number of aryl methyl sites for hydroxylation is 2. The van der Waals surface area contributed by atoms with E-state index in [2.05, 4.69) is 40.2 Å². The van der Waals surface area contributed by atoms with Crippen LogP contribution in [-0.2, 0) is 6.42 Å². The van der Waals surface area contributed by atoms with Gasteiger partial charge in [-0.05, 0) is 54.5 Å². The fraction of sp³-hybridized carbons (Fsp3) is 0.333. The Hall–Kier alpha value is -0.860. The number of alkyl halides is 1. The fourth-order valence-electron chi connectivity index (χ4n) is 3.20. The molecule has 3 heteroatoms. The van der Waals surface area contributed by atoms with Crippen molar-refractivity contribution in [2.75, 3.05) is 0 Å².